The minimum Gasteiger partial charge on any atom is -0.381 e. The van der Waals surface area contributed by atoms with Crippen LogP contribution in [-0.4, -0.2) is 51.1 Å². The molecule has 2 aliphatic heterocycles. The fourth-order valence-electron chi connectivity index (χ4n) is 5.22. The highest BCUT2D eigenvalue weighted by Crippen LogP contribution is 2.35. The van der Waals surface area contributed by atoms with Crippen LogP contribution in [0.25, 0.3) is 22.3 Å². The van der Waals surface area contributed by atoms with Gasteiger partial charge in [-0.2, -0.15) is 10.4 Å². The van der Waals surface area contributed by atoms with Gasteiger partial charge in [0.25, 0.3) is 0 Å². The van der Waals surface area contributed by atoms with E-state index in [0.29, 0.717) is 29.8 Å². The van der Waals surface area contributed by atoms with Gasteiger partial charge in [-0.3, -0.25) is 14.0 Å². The topological polar surface area (TPSA) is 99.9 Å². The van der Waals surface area contributed by atoms with Crippen LogP contribution in [0.4, 0.5) is 0 Å². The van der Waals surface area contributed by atoms with E-state index in [2.05, 4.69) is 28.0 Å². The van der Waals surface area contributed by atoms with Crippen LogP contribution in [-0.2, 0) is 22.5 Å². The summed E-state index contributed by atoms with van der Waals surface area (Å²) in [4.78, 5) is 14.1. The van der Waals surface area contributed by atoms with Crippen molar-refractivity contribution in [2.75, 3.05) is 19.8 Å². The fourth-order valence-corrected chi connectivity index (χ4v) is 5.22. The monoisotopic (exact) mass is 456 g/mol. The number of nitriles is 1. The molecule has 174 valence electrons. The van der Waals surface area contributed by atoms with Crippen LogP contribution >= 0.6 is 0 Å². The molecule has 2 aliphatic rings. The Morgan fingerprint density at radius 3 is 2.76 bits per heavy atom. The Kier molecular flexibility index (Phi) is 5.58. The number of aryl methyl sites for hydroxylation is 1. The molecule has 2 aromatic heterocycles. The van der Waals surface area contributed by atoms with Crippen molar-refractivity contribution in [3.63, 3.8) is 0 Å². The molecule has 5 rings (SSSR count). The van der Waals surface area contributed by atoms with Crippen molar-refractivity contribution in [3.8, 4) is 11.9 Å². The Morgan fingerprint density at radius 1 is 1.32 bits per heavy atom. The second-order valence-corrected chi connectivity index (χ2v) is 9.09. The van der Waals surface area contributed by atoms with E-state index in [0.717, 1.165) is 60.5 Å². The van der Waals surface area contributed by atoms with E-state index < -0.39 is 0 Å². The first-order valence-corrected chi connectivity index (χ1v) is 11.6. The van der Waals surface area contributed by atoms with E-state index in [1.54, 1.807) is 6.92 Å². The maximum Gasteiger partial charge on any atom is 0.219 e. The molecule has 8 nitrogen and oxygen atoms in total. The van der Waals surface area contributed by atoms with Crippen molar-refractivity contribution in [2.24, 2.45) is 0 Å². The molecule has 1 saturated heterocycles. The predicted molar refractivity (Wildman–Crippen MR) is 130 cm³/mol. The van der Waals surface area contributed by atoms with E-state index in [1.165, 1.54) is 11.9 Å². The lowest BCUT2D eigenvalue weighted by Crippen LogP contribution is -2.35. The molecule has 0 saturated carbocycles. The van der Waals surface area contributed by atoms with Crippen LogP contribution in [0.2, 0.25) is 0 Å². The van der Waals surface area contributed by atoms with E-state index in [9.17, 15) is 10.1 Å². The number of carbonyl (C=O) groups is 1. The largest absolute Gasteiger partial charge is 0.381 e. The number of allylic oxidation sites excluding steroid dienone is 1. The van der Waals surface area contributed by atoms with Gasteiger partial charge in [-0.1, -0.05) is 6.58 Å². The Bertz CT molecular complexity index is 1370. The summed E-state index contributed by atoms with van der Waals surface area (Å²) in [6, 6.07) is 8.40. The van der Waals surface area contributed by atoms with Crippen molar-refractivity contribution >= 4 is 28.6 Å². The fraction of sp³-hybridized carbons (Fsp3) is 0.385. The van der Waals surface area contributed by atoms with Gasteiger partial charge >= 0.3 is 0 Å². The van der Waals surface area contributed by atoms with E-state index in [4.69, 9.17) is 15.2 Å². The van der Waals surface area contributed by atoms with E-state index >= 15 is 0 Å². The van der Waals surface area contributed by atoms with Crippen molar-refractivity contribution in [3.05, 3.63) is 52.9 Å². The summed E-state index contributed by atoms with van der Waals surface area (Å²) < 4.78 is 9.86. The second-order valence-electron chi connectivity index (χ2n) is 9.09. The number of aromatic nitrogens is 3. The molecule has 3 aromatic rings. The molecule has 8 heteroatoms. The van der Waals surface area contributed by atoms with Gasteiger partial charge in [0.05, 0.1) is 29.7 Å². The Balaban J connectivity index is 1.72. The summed E-state index contributed by atoms with van der Waals surface area (Å²) in [6.45, 7) is 10.2. The molecule has 0 atom stereocenters. The molecule has 0 radical (unpaired) electrons. The number of ether oxygens (including phenoxy) is 1. The molecular weight excluding hydrogens is 428 g/mol. The lowest BCUT2D eigenvalue weighted by atomic mass is 10.00. The zero-order valence-corrected chi connectivity index (χ0v) is 19.6. The molecule has 0 spiro atoms. The number of amides is 1. The zero-order chi connectivity index (χ0) is 24.0. The molecule has 0 aliphatic carbocycles. The summed E-state index contributed by atoms with van der Waals surface area (Å²) in [7, 11) is 0. The van der Waals surface area contributed by atoms with Crippen LogP contribution in [0, 0.1) is 23.7 Å². The number of hydrogen-bond acceptors (Lipinski definition) is 5. The minimum atomic E-state index is 0.0612. The number of nitrogens with one attached hydrogen (secondary N) is 1. The van der Waals surface area contributed by atoms with Gasteiger partial charge in [0, 0.05) is 67.2 Å². The Morgan fingerprint density at radius 2 is 2.09 bits per heavy atom. The van der Waals surface area contributed by atoms with Crippen molar-refractivity contribution < 1.29 is 9.53 Å². The van der Waals surface area contributed by atoms with Crippen LogP contribution < -0.4 is 0 Å². The number of nitrogens with zero attached hydrogens (tertiary/aromatic N) is 5. The molecule has 1 N–H and O–H groups in total. The molecule has 0 bridgehead atoms. The van der Waals surface area contributed by atoms with Gasteiger partial charge in [0.1, 0.15) is 0 Å². The summed E-state index contributed by atoms with van der Waals surface area (Å²) in [6.07, 6.45) is 3.78. The quantitative estimate of drug-likeness (QED) is 0.601. The van der Waals surface area contributed by atoms with Crippen molar-refractivity contribution in [1.82, 2.24) is 19.2 Å². The predicted octanol–water partition coefficient (Wildman–Crippen LogP) is 3.93. The molecule has 1 fully saturated rings. The highest BCUT2D eigenvalue weighted by Gasteiger charge is 2.31. The maximum absolute atomic E-state index is 12.2. The van der Waals surface area contributed by atoms with Gasteiger partial charge in [0.15, 0.2) is 5.82 Å². The zero-order valence-electron chi connectivity index (χ0n) is 19.6. The first-order valence-electron chi connectivity index (χ1n) is 11.6. The average molecular weight is 457 g/mol. The van der Waals surface area contributed by atoms with Gasteiger partial charge in [-0.25, -0.2) is 0 Å². The van der Waals surface area contributed by atoms with Crippen molar-refractivity contribution in [2.45, 2.75) is 45.7 Å². The summed E-state index contributed by atoms with van der Waals surface area (Å²) in [5.41, 5.74) is 5.78. The lowest BCUT2D eigenvalue weighted by Gasteiger charge is -2.29. The van der Waals surface area contributed by atoms with Gasteiger partial charge in [-0.15, -0.1) is 0 Å². The summed E-state index contributed by atoms with van der Waals surface area (Å²) in [5.74, 6) is 0.883. The Hall–Kier alpha value is -3.70. The standard InChI is InChI=1S/C26H28N6O2/c1-16(13-27)22-11-19-10-17(2)31(25(19)12-20(22)14-28)26-23-15-30(18(3)33)7-4-24(23)32(29-26)21-5-8-34-9-6-21/h10-13,21,27H,1,4-9,15H2,2-3H3. The third-order valence-corrected chi connectivity index (χ3v) is 7.02. The molecule has 34 heavy (non-hydrogen) atoms. The highest BCUT2D eigenvalue weighted by molar-refractivity contribution is 6.09. The number of rotatable bonds is 4. The molecule has 0 unspecified atom stereocenters. The second kappa shape index (κ2) is 8.58. The number of carbonyl (C=O) groups excluding carboxylic acids is 1. The van der Waals surface area contributed by atoms with Crippen LogP contribution in [0.15, 0.2) is 24.8 Å². The van der Waals surface area contributed by atoms with Gasteiger partial charge in [-0.05, 0) is 43.5 Å². The Labute approximate surface area is 198 Å². The minimum absolute atomic E-state index is 0.0612. The summed E-state index contributed by atoms with van der Waals surface area (Å²) in [5, 5.41) is 23.5. The SMILES string of the molecule is C=C(C=N)c1cc2cc(C)n(-c3nn(C4CCOCC4)c4c3CN(C(C)=O)CC4)c2cc1C#N. The number of fused-ring (bicyclic) bond motifs is 2. The van der Waals surface area contributed by atoms with Gasteiger partial charge < -0.3 is 15.0 Å². The molecule has 1 amide bonds. The first-order chi connectivity index (χ1) is 16.4. The third-order valence-electron chi connectivity index (χ3n) is 7.02. The molecular formula is C26H28N6O2. The number of benzene rings is 1. The maximum atomic E-state index is 12.2. The number of hydrogen-bond donors (Lipinski definition) is 1. The van der Waals surface area contributed by atoms with Crippen LogP contribution in [0.5, 0.6) is 0 Å². The lowest BCUT2D eigenvalue weighted by molar-refractivity contribution is -0.129. The first kappa shape index (κ1) is 22.1. The van der Waals surface area contributed by atoms with Crippen LogP contribution in [0.1, 0.15) is 53.9 Å². The molecule has 4 heterocycles. The normalized spacial score (nSPS) is 16.3. The average Bonchev–Trinajstić information content (AvgIpc) is 3.38. The van der Waals surface area contributed by atoms with E-state index in [1.807, 2.05) is 24.0 Å². The molecule has 1 aromatic carbocycles. The van der Waals surface area contributed by atoms with Crippen molar-refractivity contribution in [1.29, 1.82) is 10.7 Å². The highest BCUT2D eigenvalue weighted by atomic mass is 16.5. The van der Waals surface area contributed by atoms with Gasteiger partial charge in [0.2, 0.25) is 5.91 Å². The smallest absolute Gasteiger partial charge is 0.219 e. The summed E-state index contributed by atoms with van der Waals surface area (Å²) >= 11 is 0. The van der Waals surface area contributed by atoms with Crippen LogP contribution in [0.3, 0.4) is 0 Å². The third kappa shape index (κ3) is 3.53. The van der Waals surface area contributed by atoms with E-state index in [-0.39, 0.29) is 11.9 Å².